The van der Waals surface area contributed by atoms with E-state index >= 15 is 0 Å². The van der Waals surface area contributed by atoms with Crippen molar-refractivity contribution in [1.82, 2.24) is 5.32 Å². The van der Waals surface area contributed by atoms with Crippen LogP contribution in [0.5, 0.6) is 0 Å². The molecule has 94 valence electrons. The Morgan fingerprint density at radius 2 is 1.81 bits per heavy atom. The molecule has 0 heterocycles. The smallest absolute Gasteiger partial charge is 0.224 e. The molecular weight excluding hydrogens is 206 g/mol. The van der Waals surface area contributed by atoms with Crippen LogP contribution in [0.15, 0.2) is 0 Å². The van der Waals surface area contributed by atoms with E-state index in [0.29, 0.717) is 6.54 Å². The van der Waals surface area contributed by atoms with Crippen LogP contribution in [-0.2, 0) is 9.59 Å². The minimum absolute atomic E-state index is 0.119. The summed E-state index contributed by atoms with van der Waals surface area (Å²) in [5.41, 5.74) is 10.0. The molecule has 5 nitrogen and oxygen atoms in total. The van der Waals surface area contributed by atoms with Gasteiger partial charge in [0.2, 0.25) is 11.8 Å². The number of carbonyl (C=O) groups excluding carboxylic acids is 2. The normalized spacial score (nSPS) is 13.6. The summed E-state index contributed by atoms with van der Waals surface area (Å²) in [6, 6.07) is 0. The molecular formula is C11H23N3O2. The van der Waals surface area contributed by atoms with Crippen LogP contribution < -0.4 is 16.8 Å². The van der Waals surface area contributed by atoms with Gasteiger partial charge in [0.1, 0.15) is 0 Å². The highest BCUT2D eigenvalue weighted by molar-refractivity contribution is 5.83. The second-order valence-electron chi connectivity index (χ2n) is 5.05. The molecule has 0 saturated carbocycles. The van der Waals surface area contributed by atoms with Crippen LogP contribution in [0.1, 0.15) is 27.7 Å². The topological polar surface area (TPSA) is 98.2 Å². The molecule has 1 atom stereocenters. The number of hydrogen-bond donors (Lipinski definition) is 3. The van der Waals surface area contributed by atoms with Gasteiger partial charge < -0.3 is 16.8 Å². The standard InChI is InChI=1S/C11H23N3O2/c1-7(2)8(5-12)9(15)14-6-11(3,4)10(13)16/h7-8H,5-6,12H2,1-4H3,(H2,13,16)(H,14,15). The number of nitrogens with two attached hydrogens (primary N) is 2. The number of hydrogen-bond acceptors (Lipinski definition) is 3. The van der Waals surface area contributed by atoms with Crippen LogP contribution in [-0.4, -0.2) is 24.9 Å². The van der Waals surface area contributed by atoms with Crippen LogP contribution in [0.3, 0.4) is 0 Å². The molecule has 0 aromatic heterocycles. The van der Waals surface area contributed by atoms with E-state index in [-0.39, 0.29) is 24.3 Å². The lowest BCUT2D eigenvalue weighted by atomic mass is 9.91. The lowest BCUT2D eigenvalue weighted by molar-refractivity contribution is -0.128. The highest BCUT2D eigenvalue weighted by Gasteiger charge is 2.27. The fourth-order valence-electron chi connectivity index (χ4n) is 1.21. The van der Waals surface area contributed by atoms with Crippen LogP contribution in [0.2, 0.25) is 0 Å². The molecule has 1 unspecified atom stereocenters. The summed E-state index contributed by atoms with van der Waals surface area (Å²) >= 11 is 0. The van der Waals surface area contributed by atoms with Gasteiger partial charge in [-0.2, -0.15) is 0 Å². The van der Waals surface area contributed by atoms with Crippen molar-refractivity contribution in [3.05, 3.63) is 0 Å². The number of carbonyl (C=O) groups is 2. The van der Waals surface area contributed by atoms with Crippen molar-refractivity contribution in [2.45, 2.75) is 27.7 Å². The van der Waals surface area contributed by atoms with Crippen LogP contribution in [0, 0.1) is 17.3 Å². The van der Waals surface area contributed by atoms with Crippen molar-refractivity contribution >= 4 is 11.8 Å². The zero-order valence-electron chi connectivity index (χ0n) is 10.5. The minimum atomic E-state index is -0.730. The number of primary amides is 1. The maximum absolute atomic E-state index is 11.7. The Bertz CT molecular complexity index is 262. The van der Waals surface area contributed by atoms with Gasteiger partial charge in [-0.25, -0.2) is 0 Å². The van der Waals surface area contributed by atoms with Gasteiger partial charge in [0.05, 0.1) is 11.3 Å². The van der Waals surface area contributed by atoms with Gasteiger partial charge >= 0.3 is 0 Å². The molecule has 5 heteroatoms. The highest BCUT2D eigenvalue weighted by Crippen LogP contribution is 2.14. The van der Waals surface area contributed by atoms with Crippen LogP contribution in [0.4, 0.5) is 0 Å². The summed E-state index contributed by atoms with van der Waals surface area (Å²) in [5.74, 6) is -0.584. The van der Waals surface area contributed by atoms with Gasteiger partial charge in [0.25, 0.3) is 0 Å². The van der Waals surface area contributed by atoms with Crippen molar-refractivity contribution in [1.29, 1.82) is 0 Å². The van der Waals surface area contributed by atoms with E-state index < -0.39 is 11.3 Å². The Balaban J connectivity index is 4.31. The quantitative estimate of drug-likeness (QED) is 0.590. The van der Waals surface area contributed by atoms with E-state index in [4.69, 9.17) is 11.5 Å². The average molecular weight is 229 g/mol. The molecule has 0 aliphatic rings. The zero-order chi connectivity index (χ0) is 12.9. The molecule has 0 aliphatic heterocycles. The van der Waals surface area contributed by atoms with Crippen LogP contribution in [0.25, 0.3) is 0 Å². The molecule has 0 bridgehead atoms. The SMILES string of the molecule is CC(C)C(CN)C(=O)NCC(C)(C)C(N)=O. The summed E-state index contributed by atoms with van der Waals surface area (Å²) < 4.78 is 0. The number of amides is 2. The average Bonchev–Trinajstić information content (AvgIpc) is 2.15. The van der Waals surface area contributed by atoms with Gasteiger partial charge in [-0.3, -0.25) is 9.59 Å². The molecule has 0 aromatic rings. The third-order valence-corrected chi connectivity index (χ3v) is 2.77. The Morgan fingerprint density at radius 1 is 1.31 bits per heavy atom. The molecule has 0 radical (unpaired) electrons. The lowest BCUT2D eigenvalue weighted by Crippen LogP contribution is -2.46. The Morgan fingerprint density at radius 3 is 2.12 bits per heavy atom. The summed E-state index contributed by atoms with van der Waals surface area (Å²) in [5, 5.41) is 2.72. The maximum Gasteiger partial charge on any atom is 0.224 e. The van der Waals surface area contributed by atoms with Gasteiger partial charge in [-0.1, -0.05) is 13.8 Å². The van der Waals surface area contributed by atoms with E-state index in [0.717, 1.165) is 0 Å². The van der Waals surface area contributed by atoms with Crippen molar-refractivity contribution in [3.8, 4) is 0 Å². The Hall–Kier alpha value is -1.10. The van der Waals surface area contributed by atoms with Crippen molar-refractivity contribution in [2.24, 2.45) is 28.7 Å². The fourth-order valence-corrected chi connectivity index (χ4v) is 1.21. The molecule has 0 fully saturated rings. The van der Waals surface area contributed by atoms with Gasteiger partial charge in [0, 0.05) is 13.1 Å². The first-order valence-corrected chi connectivity index (χ1v) is 5.50. The highest BCUT2D eigenvalue weighted by atomic mass is 16.2. The summed E-state index contributed by atoms with van der Waals surface area (Å²) in [4.78, 5) is 22.8. The fraction of sp³-hybridized carbons (Fsp3) is 0.818. The van der Waals surface area contributed by atoms with Crippen molar-refractivity contribution in [3.63, 3.8) is 0 Å². The van der Waals surface area contributed by atoms with E-state index in [2.05, 4.69) is 5.32 Å². The van der Waals surface area contributed by atoms with Crippen molar-refractivity contribution < 1.29 is 9.59 Å². The lowest BCUT2D eigenvalue weighted by Gasteiger charge is -2.24. The first-order valence-electron chi connectivity index (χ1n) is 5.50. The zero-order valence-corrected chi connectivity index (χ0v) is 10.5. The molecule has 0 aromatic carbocycles. The van der Waals surface area contributed by atoms with E-state index in [1.807, 2.05) is 13.8 Å². The first-order chi connectivity index (χ1) is 7.22. The summed E-state index contributed by atoms with van der Waals surface area (Å²) in [7, 11) is 0. The minimum Gasteiger partial charge on any atom is -0.369 e. The molecule has 5 N–H and O–H groups in total. The molecule has 2 amide bonds. The van der Waals surface area contributed by atoms with Gasteiger partial charge in [-0.05, 0) is 19.8 Å². The van der Waals surface area contributed by atoms with Gasteiger partial charge in [-0.15, -0.1) is 0 Å². The second-order valence-corrected chi connectivity index (χ2v) is 5.05. The Labute approximate surface area is 96.9 Å². The van der Waals surface area contributed by atoms with E-state index in [9.17, 15) is 9.59 Å². The summed E-state index contributed by atoms with van der Waals surface area (Å²) in [6.45, 7) is 7.82. The molecule has 0 aliphatic carbocycles. The number of rotatable bonds is 6. The Kier molecular flexibility index (Phi) is 5.44. The summed E-state index contributed by atoms with van der Waals surface area (Å²) in [6.07, 6.45) is 0. The third-order valence-electron chi connectivity index (χ3n) is 2.77. The predicted octanol–water partition coefficient (Wildman–Crippen LogP) is -0.155. The van der Waals surface area contributed by atoms with Crippen molar-refractivity contribution in [2.75, 3.05) is 13.1 Å². The largest absolute Gasteiger partial charge is 0.369 e. The van der Waals surface area contributed by atoms with E-state index in [1.54, 1.807) is 13.8 Å². The molecule has 0 spiro atoms. The predicted molar refractivity (Wildman–Crippen MR) is 63.4 cm³/mol. The molecule has 16 heavy (non-hydrogen) atoms. The number of nitrogens with one attached hydrogen (secondary N) is 1. The van der Waals surface area contributed by atoms with E-state index in [1.165, 1.54) is 0 Å². The maximum atomic E-state index is 11.7. The van der Waals surface area contributed by atoms with Crippen LogP contribution >= 0.6 is 0 Å². The molecule has 0 rings (SSSR count). The third kappa shape index (κ3) is 4.18. The molecule has 0 saturated heterocycles. The monoisotopic (exact) mass is 229 g/mol. The second kappa shape index (κ2) is 5.84. The van der Waals surface area contributed by atoms with Gasteiger partial charge in [0.15, 0.2) is 0 Å². The first kappa shape index (κ1) is 14.9.